The minimum atomic E-state index is -0.350. The molecule has 0 aliphatic carbocycles. The van der Waals surface area contributed by atoms with Crippen molar-refractivity contribution in [2.24, 2.45) is 0 Å². The zero-order chi connectivity index (χ0) is 16.9. The van der Waals surface area contributed by atoms with Crippen LogP contribution in [0, 0.1) is 5.82 Å². The predicted octanol–water partition coefficient (Wildman–Crippen LogP) is 4.15. The Labute approximate surface area is 138 Å². The number of rotatable bonds is 4. The molecule has 0 radical (unpaired) electrons. The van der Waals surface area contributed by atoms with Crippen molar-refractivity contribution in [3.63, 3.8) is 0 Å². The van der Waals surface area contributed by atoms with Gasteiger partial charge in [0, 0.05) is 17.4 Å². The lowest BCUT2D eigenvalue weighted by Gasteiger charge is -2.07. The summed E-state index contributed by atoms with van der Waals surface area (Å²) in [4.78, 5) is 16.5. The second-order valence-electron chi connectivity index (χ2n) is 5.13. The first-order valence-electron chi connectivity index (χ1n) is 7.33. The Bertz CT molecular complexity index is 846. The molecule has 120 valence electrons. The Balaban J connectivity index is 1.76. The van der Waals surface area contributed by atoms with E-state index in [2.05, 4.69) is 10.3 Å². The van der Waals surface area contributed by atoms with Crippen LogP contribution in [0.3, 0.4) is 0 Å². The lowest BCUT2D eigenvalue weighted by Crippen LogP contribution is -2.12. The van der Waals surface area contributed by atoms with E-state index < -0.39 is 0 Å². The lowest BCUT2D eigenvalue weighted by atomic mass is 10.1. The van der Waals surface area contributed by atoms with Crippen LogP contribution < -0.4 is 10.1 Å². The van der Waals surface area contributed by atoms with Crippen LogP contribution in [0.5, 0.6) is 5.75 Å². The van der Waals surface area contributed by atoms with Crippen LogP contribution in [0.4, 0.5) is 10.1 Å². The first-order chi connectivity index (χ1) is 11.7. The first-order valence-corrected chi connectivity index (χ1v) is 7.33. The van der Waals surface area contributed by atoms with Gasteiger partial charge < -0.3 is 10.1 Å². The van der Waals surface area contributed by atoms with Crippen molar-refractivity contribution in [1.29, 1.82) is 0 Å². The van der Waals surface area contributed by atoms with Gasteiger partial charge in [-0.25, -0.2) is 4.39 Å². The maximum Gasteiger partial charge on any atom is 0.257 e. The number of anilines is 1. The molecular formula is C19H15FN2O2. The molecule has 0 saturated carbocycles. The van der Waals surface area contributed by atoms with Gasteiger partial charge in [-0.05, 0) is 48.5 Å². The largest absolute Gasteiger partial charge is 0.497 e. The quantitative estimate of drug-likeness (QED) is 0.785. The summed E-state index contributed by atoms with van der Waals surface area (Å²) in [5.74, 6) is 0.0936. The Morgan fingerprint density at radius 1 is 1.08 bits per heavy atom. The number of methoxy groups -OCH3 is 1. The molecule has 4 nitrogen and oxygen atoms in total. The number of amides is 1. The third-order valence-corrected chi connectivity index (χ3v) is 3.49. The van der Waals surface area contributed by atoms with E-state index in [-0.39, 0.29) is 11.7 Å². The molecule has 0 spiro atoms. The number of pyridine rings is 1. The second kappa shape index (κ2) is 6.91. The maximum atomic E-state index is 12.9. The van der Waals surface area contributed by atoms with E-state index in [1.807, 2.05) is 24.3 Å². The minimum absolute atomic E-state index is 0.300. The van der Waals surface area contributed by atoms with E-state index in [9.17, 15) is 9.18 Å². The molecule has 1 heterocycles. The summed E-state index contributed by atoms with van der Waals surface area (Å²) in [6.45, 7) is 0. The summed E-state index contributed by atoms with van der Waals surface area (Å²) in [5, 5.41) is 2.70. The van der Waals surface area contributed by atoms with Gasteiger partial charge >= 0.3 is 0 Å². The Morgan fingerprint density at radius 3 is 2.54 bits per heavy atom. The average Bonchev–Trinajstić information content (AvgIpc) is 2.64. The van der Waals surface area contributed by atoms with Gasteiger partial charge in [-0.3, -0.25) is 9.78 Å². The van der Waals surface area contributed by atoms with E-state index in [1.54, 1.807) is 19.2 Å². The van der Waals surface area contributed by atoms with Gasteiger partial charge in [0.1, 0.15) is 11.6 Å². The fourth-order valence-electron chi connectivity index (χ4n) is 2.22. The highest BCUT2D eigenvalue weighted by Crippen LogP contribution is 2.22. The lowest BCUT2D eigenvalue weighted by molar-refractivity contribution is 0.102. The number of ether oxygens (including phenoxy) is 1. The van der Waals surface area contributed by atoms with Crippen LogP contribution in [-0.2, 0) is 0 Å². The molecule has 1 aromatic heterocycles. The van der Waals surface area contributed by atoms with E-state index in [1.165, 1.54) is 30.5 Å². The third kappa shape index (κ3) is 3.57. The highest BCUT2D eigenvalue weighted by atomic mass is 19.1. The molecule has 1 N–H and O–H groups in total. The van der Waals surface area contributed by atoms with E-state index in [4.69, 9.17) is 4.74 Å². The SMILES string of the molecule is COc1cccc(-c2ccc(C(=O)Nc3ccc(F)cc3)cn2)c1. The molecule has 0 fully saturated rings. The van der Waals surface area contributed by atoms with Crippen molar-refractivity contribution >= 4 is 11.6 Å². The topological polar surface area (TPSA) is 51.2 Å². The fraction of sp³-hybridized carbons (Fsp3) is 0.0526. The summed E-state index contributed by atoms with van der Waals surface area (Å²) < 4.78 is 18.1. The Kier molecular flexibility index (Phi) is 4.52. The molecule has 0 aliphatic heterocycles. The summed E-state index contributed by atoms with van der Waals surface area (Å²) in [6.07, 6.45) is 1.51. The number of aromatic nitrogens is 1. The van der Waals surface area contributed by atoms with E-state index in [0.29, 0.717) is 11.3 Å². The monoisotopic (exact) mass is 322 g/mol. The molecule has 0 bridgehead atoms. The Hall–Kier alpha value is -3.21. The van der Waals surface area contributed by atoms with Gasteiger partial charge in [0.25, 0.3) is 5.91 Å². The van der Waals surface area contributed by atoms with E-state index in [0.717, 1.165) is 17.0 Å². The molecule has 0 unspecified atom stereocenters. The van der Waals surface area contributed by atoms with Crippen molar-refractivity contribution in [1.82, 2.24) is 4.98 Å². The fourth-order valence-corrected chi connectivity index (χ4v) is 2.22. The molecule has 3 rings (SSSR count). The molecule has 24 heavy (non-hydrogen) atoms. The number of carbonyl (C=O) groups excluding carboxylic acids is 1. The first kappa shape index (κ1) is 15.7. The molecule has 3 aromatic rings. The average molecular weight is 322 g/mol. The third-order valence-electron chi connectivity index (χ3n) is 3.49. The zero-order valence-electron chi connectivity index (χ0n) is 13.0. The summed E-state index contributed by atoms with van der Waals surface area (Å²) in [5.41, 5.74) is 2.59. The van der Waals surface area contributed by atoms with Crippen molar-refractivity contribution < 1.29 is 13.9 Å². The van der Waals surface area contributed by atoms with Crippen molar-refractivity contribution in [2.75, 3.05) is 12.4 Å². The molecule has 0 atom stereocenters. The van der Waals surface area contributed by atoms with Crippen LogP contribution >= 0.6 is 0 Å². The maximum absolute atomic E-state index is 12.9. The number of nitrogens with one attached hydrogen (secondary N) is 1. The van der Waals surface area contributed by atoms with Crippen LogP contribution in [-0.4, -0.2) is 18.0 Å². The van der Waals surface area contributed by atoms with Gasteiger partial charge in [0.05, 0.1) is 18.4 Å². The highest BCUT2D eigenvalue weighted by molar-refractivity contribution is 6.04. The van der Waals surface area contributed by atoms with Crippen LogP contribution in [0.25, 0.3) is 11.3 Å². The number of nitrogens with zero attached hydrogens (tertiary/aromatic N) is 1. The van der Waals surface area contributed by atoms with Crippen LogP contribution in [0.2, 0.25) is 0 Å². The number of halogens is 1. The van der Waals surface area contributed by atoms with Gasteiger partial charge in [0.2, 0.25) is 0 Å². The summed E-state index contributed by atoms with van der Waals surface area (Å²) >= 11 is 0. The smallest absolute Gasteiger partial charge is 0.257 e. The number of carbonyl (C=O) groups is 1. The van der Waals surface area contributed by atoms with Crippen molar-refractivity contribution in [3.8, 4) is 17.0 Å². The minimum Gasteiger partial charge on any atom is -0.497 e. The van der Waals surface area contributed by atoms with Crippen molar-refractivity contribution in [2.45, 2.75) is 0 Å². The molecule has 0 aliphatic rings. The van der Waals surface area contributed by atoms with Gasteiger partial charge in [-0.15, -0.1) is 0 Å². The number of hydrogen-bond donors (Lipinski definition) is 1. The molecule has 0 saturated heterocycles. The number of benzene rings is 2. The van der Waals surface area contributed by atoms with Crippen molar-refractivity contribution in [3.05, 3.63) is 78.2 Å². The Morgan fingerprint density at radius 2 is 1.88 bits per heavy atom. The second-order valence-corrected chi connectivity index (χ2v) is 5.13. The number of hydrogen-bond acceptors (Lipinski definition) is 3. The normalized spacial score (nSPS) is 10.2. The van der Waals surface area contributed by atoms with E-state index >= 15 is 0 Å². The highest BCUT2D eigenvalue weighted by Gasteiger charge is 2.08. The summed E-state index contributed by atoms with van der Waals surface area (Å²) in [7, 11) is 1.61. The van der Waals surface area contributed by atoms with Crippen LogP contribution in [0.15, 0.2) is 66.9 Å². The standard InChI is InChI=1S/C19H15FN2O2/c1-24-17-4-2-3-13(11-17)18-10-5-14(12-21-18)19(23)22-16-8-6-15(20)7-9-16/h2-12H,1H3,(H,22,23). The molecule has 2 aromatic carbocycles. The van der Waals surface area contributed by atoms with Gasteiger partial charge in [-0.1, -0.05) is 12.1 Å². The molecule has 5 heteroatoms. The van der Waals surface area contributed by atoms with Gasteiger partial charge in [0.15, 0.2) is 0 Å². The predicted molar refractivity (Wildman–Crippen MR) is 90.6 cm³/mol. The van der Waals surface area contributed by atoms with Crippen LogP contribution in [0.1, 0.15) is 10.4 Å². The molecular weight excluding hydrogens is 307 g/mol. The van der Waals surface area contributed by atoms with Gasteiger partial charge in [-0.2, -0.15) is 0 Å². The zero-order valence-corrected chi connectivity index (χ0v) is 13.0. The molecule has 1 amide bonds. The summed E-state index contributed by atoms with van der Waals surface area (Å²) in [6, 6.07) is 16.6.